The molecule has 19 heavy (non-hydrogen) atoms. The monoisotopic (exact) mass is 279 g/mol. The van der Waals surface area contributed by atoms with Crippen LogP contribution in [0.25, 0.3) is 0 Å². The van der Waals surface area contributed by atoms with Gasteiger partial charge in [-0.3, -0.25) is 0 Å². The molecule has 0 amide bonds. The largest absolute Gasteiger partial charge is 0.309 e. The lowest BCUT2D eigenvalue weighted by atomic mass is 9.97. The topological polar surface area (TPSA) is 12.0 Å². The fraction of sp³-hybridized carbons (Fsp3) is 0.765. The van der Waals surface area contributed by atoms with E-state index in [9.17, 15) is 0 Å². The van der Waals surface area contributed by atoms with Crippen molar-refractivity contribution in [3.63, 3.8) is 0 Å². The maximum atomic E-state index is 3.76. The average molecular weight is 279 g/mol. The summed E-state index contributed by atoms with van der Waals surface area (Å²) in [6.07, 6.45) is 9.26. The van der Waals surface area contributed by atoms with Gasteiger partial charge < -0.3 is 5.32 Å². The van der Waals surface area contributed by atoms with E-state index in [2.05, 4.69) is 43.5 Å². The van der Waals surface area contributed by atoms with Crippen LogP contribution < -0.4 is 5.32 Å². The van der Waals surface area contributed by atoms with Crippen LogP contribution in [0.5, 0.6) is 0 Å². The van der Waals surface area contributed by atoms with Crippen molar-refractivity contribution in [2.45, 2.75) is 71.8 Å². The van der Waals surface area contributed by atoms with Gasteiger partial charge in [0.15, 0.2) is 0 Å². The van der Waals surface area contributed by atoms with Crippen LogP contribution in [0.1, 0.15) is 74.2 Å². The van der Waals surface area contributed by atoms with Gasteiger partial charge in [-0.2, -0.15) is 0 Å². The Morgan fingerprint density at radius 1 is 1.21 bits per heavy atom. The molecular weight excluding hydrogens is 250 g/mol. The predicted octanol–water partition coefficient (Wildman–Crippen LogP) is 5.10. The fourth-order valence-corrected chi connectivity index (χ4v) is 4.22. The van der Waals surface area contributed by atoms with Crippen molar-refractivity contribution in [3.8, 4) is 0 Å². The Hall–Kier alpha value is -0.340. The Bertz CT molecular complexity index is 357. The zero-order chi connectivity index (χ0) is 13.7. The summed E-state index contributed by atoms with van der Waals surface area (Å²) in [6.45, 7) is 8.06. The van der Waals surface area contributed by atoms with Gasteiger partial charge in [-0.15, -0.1) is 11.3 Å². The normalized spacial score (nSPS) is 16.6. The Morgan fingerprint density at radius 3 is 2.68 bits per heavy atom. The first kappa shape index (κ1) is 15.1. The Balaban J connectivity index is 2.05. The minimum absolute atomic E-state index is 0.595. The van der Waals surface area contributed by atoms with Crippen molar-refractivity contribution < 1.29 is 0 Å². The third-order valence-electron chi connectivity index (χ3n) is 4.03. The van der Waals surface area contributed by atoms with Gasteiger partial charge >= 0.3 is 0 Å². The molecule has 0 bridgehead atoms. The Labute approximate surface area is 122 Å². The first-order chi connectivity index (χ1) is 9.20. The molecular formula is C17H29NS. The van der Waals surface area contributed by atoms with Gasteiger partial charge in [0, 0.05) is 15.8 Å². The van der Waals surface area contributed by atoms with Gasteiger partial charge in [-0.25, -0.2) is 0 Å². The quantitative estimate of drug-likeness (QED) is 0.732. The molecule has 0 aliphatic heterocycles. The lowest BCUT2D eigenvalue weighted by molar-refractivity contribution is 0.445. The van der Waals surface area contributed by atoms with E-state index in [1.807, 2.05) is 0 Å². The van der Waals surface area contributed by atoms with Gasteiger partial charge in [0.1, 0.15) is 0 Å². The summed E-state index contributed by atoms with van der Waals surface area (Å²) in [5, 5.41) is 3.76. The van der Waals surface area contributed by atoms with Crippen LogP contribution in [-0.2, 0) is 12.8 Å². The van der Waals surface area contributed by atoms with E-state index in [-0.39, 0.29) is 0 Å². The molecule has 0 fully saturated rings. The minimum Gasteiger partial charge on any atom is -0.309 e. The van der Waals surface area contributed by atoms with Crippen LogP contribution in [0.3, 0.4) is 0 Å². The first-order valence-electron chi connectivity index (χ1n) is 8.05. The molecule has 1 atom stereocenters. The maximum Gasteiger partial charge on any atom is 0.0415 e. The number of hydrogen-bond donors (Lipinski definition) is 1. The van der Waals surface area contributed by atoms with Crippen LogP contribution in [0.2, 0.25) is 0 Å². The molecule has 1 aliphatic carbocycles. The van der Waals surface area contributed by atoms with Crippen molar-refractivity contribution >= 4 is 11.3 Å². The number of fused-ring (bicyclic) bond motifs is 1. The molecule has 0 spiro atoms. The second-order valence-electron chi connectivity index (χ2n) is 6.28. The van der Waals surface area contributed by atoms with Gasteiger partial charge in [0.2, 0.25) is 0 Å². The molecule has 1 nitrogen and oxygen atoms in total. The van der Waals surface area contributed by atoms with Crippen molar-refractivity contribution in [1.82, 2.24) is 5.32 Å². The summed E-state index contributed by atoms with van der Waals surface area (Å²) in [5.41, 5.74) is 1.65. The van der Waals surface area contributed by atoms with E-state index in [0.717, 1.165) is 12.5 Å². The molecule has 1 aromatic heterocycles. The van der Waals surface area contributed by atoms with Crippen LogP contribution >= 0.6 is 11.3 Å². The highest BCUT2D eigenvalue weighted by Crippen LogP contribution is 2.34. The highest BCUT2D eigenvalue weighted by molar-refractivity contribution is 7.12. The Morgan fingerprint density at radius 2 is 2.00 bits per heavy atom. The molecule has 108 valence electrons. The standard InChI is InChI=1S/C17H29NS/c1-4-11-18-15(10-9-13(2)3)17-12-14-7-5-6-8-16(14)19-17/h12-13,15,18H,4-11H2,1-3H3. The predicted molar refractivity (Wildman–Crippen MR) is 86.1 cm³/mol. The highest BCUT2D eigenvalue weighted by atomic mass is 32.1. The van der Waals surface area contributed by atoms with Crippen molar-refractivity contribution in [2.75, 3.05) is 6.54 Å². The maximum absolute atomic E-state index is 3.76. The van der Waals surface area contributed by atoms with Crippen molar-refractivity contribution in [1.29, 1.82) is 0 Å². The molecule has 0 radical (unpaired) electrons. The van der Waals surface area contributed by atoms with Gasteiger partial charge in [-0.1, -0.05) is 20.8 Å². The molecule has 2 heteroatoms. The summed E-state index contributed by atoms with van der Waals surface area (Å²) in [4.78, 5) is 3.27. The molecule has 0 saturated heterocycles. The zero-order valence-corrected chi connectivity index (χ0v) is 13.6. The molecule has 0 aromatic carbocycles. The third kappa shape index (κ3) is 4.32. The minimum atomic E-state index is 0.595. The van der Waals surface area contributed by atoms with Crippen LogP contribution in [0.4, 0.5) is 0 Å². The molecule has 0 saturated carbocycles. The van der Waals surface area contributed by atoms with Crippen LogP contribution in [0, 0.1) is 5.92 Å². The number of aryl methyl sites for hydroxylation is 2. The molecule has 1 aliphatic rings. The SMILES string of the molecule is CCCNC(CCC(C)C)c1cc2c(s1)CCCC2. The lowest BCUT2D eigenvalue weighted by Crippen LogP contribution is -2.21. The summed E-state index contributed by atoms with van der Waals surface area (Å²) >= 11 is 2.08. The van der Waals surface area contributed by atoms with E-state index in [4.69, 9.17) is 0 Å². The molecule has 1 unspecified atom stereocenters. The third-order valence-corrected chi connectivity index (χ3v) is 5.38. The van der Waals surface area contributed by atoms with Gasteiger partial charge in [0.05, 0.1) is 0 Å². The van der Waals surface area contributed by atoms with Crippen molar-refractivity contribution in [2.24, 2.45) is 5.92 Å². The van der Waals surface area contributed by atoms with E-state index in [1.54, 1.807) is 15.3 Å². The molecule has 1 aromatic rings. The smallest absolute Gasteiger partial charge is 0.0415 e. The second-order valence-corrected chi connectivity index (χ2v) is 7.45. The number of hydrogen-bond acceptors (Lipinski definition) is 2. The number of thiophene rings is 1. The van der Waals surface area contributed by atoms with Gasteiger partial charge in [0.25, 0.3) is 0 Å². The van der Waals surface area contributed by atoms with Gasteiger partial charge in [-0.05, 0) is 69.0 Å². The Kier molecular flexibility index (Phi) is 5.90. The lowest BCUT2D eigenvalue weighted by Gasteiger charge is -2.18. The van der Waals surface area contributed by atoms with E-state index in [0.29, 0.717) is 6.04 Å². The summed E-state index contributed by atoms with van der Waals surface area (Å²) < 4.78 is 0. The second kappa shape index (κ2) is 7.44. The number of rotatable bonds is 7. The summed E-state index contributed by atoms with van der Waals surface area (Å²) in [6, 6.07) is 3.10. The van der Waals surface area contributed by atoms with Crippen molar-refractivity contribution in [3.05, 3.63) is 21.4 Å². The van der Waals surface area contributed by atoms with E-state index in [1.165, 1.54) is 44.9 Å². The average Bonchev–Trinajstić information content (AvgIpc) is 2.82. The molecule has 1 N–H and O–H groups in total. The van der Waals surface area contributed by atoms with Crippen LogP contribution in [-0.4, -0.2) is 6.54 Å². The highest BCUT2D eigenvalue weighted by Gasteiger charge is 2.18. The number of nitrogens with one attached hydrogen (secondary N) is 1. The van der Waals surface area contributed by atoms with E-state index >= 15 is 0 Å². The zero-order valence-electron chi connectivity index (χ0n) is 12.8. The molecule has 1 heterocycles. The summed E-state index contributed by atoms with van der Waals surface area (Å²) in [7, 11) is 0. The fourth-order valence-electron chi connectivity index (χ4n) is 2.85. The van der Waals surface area contributed by atoms with Crippen LogP contribution in [0.15, 0.2) is 6.07 Å². The molecule has 2 rings (SSSR count). The first-order valence-corrected chi connectivity index (χ1v) is 8.87. The summed E-state index contributed by atoms with van der Waals surface area (Å²) in [5.74, 6) is 0.806. The van der Waals surface area contributed by atoms with E-state index < -0.39 is 0 Å².